The number of nitrogens with zero attached hydrogens (tertiary/aromatic N) is 2. The highest BCUT2D eigenvalue weighted by Crippen LogP contribution is 2.23. The fourth-order valence-corrected chi connectivity index (χ4v) is 3.16. The maximum atomic E-state index is 12.2. The third-order valence-corrected chi connectivity index (χ3v) is 4.70. The van der Waals surface area contributed by atoms with Crippen molar-refractivity contribution in [1.29, 1.82) is 0 Å². The summed E-state index contributed by atoms with van der Waals surface area (Å²) < 4.78 is 1.06. The van der Waals surface area contributed by atoms with Crippen molar-refractivity contribution in [3.8, 4) is 0 Å². The van der Waals surface area contributed by atoms with Gasteiger partial charge in [0.25, 0.3) is 0 Å². The molecule has 0 aliphatic heterocycles. The highest BCUT2D eigenvalue weighted by Gasteiger charge is 2.15. The number of aryl methyl sites for hydroxylation is 1. The van der Waals surface area contributed by atoms with Gasteiger partial charge in [-0.25, -0.2) is 4.98 Å². The van der Waals surface area contributed by atoms with Gasteiger partial charge in [-0.3, -0.25) is 9.78 Å². The summed E-state index contributed by atoms with van der Waals surface area (Å²) in [6.07, 6.45) is 3.34. The predicted molar refractivity (Wildman–Crippen MR) is 105 cm³/mol. The van der Waals surface area contributed by atoms with Gasteiger partial charge >= 0.3 is 0 Å². The number of hydrogen-bond acceptors (Lipinski definition) is 4. The second kappa shape index (κ2) is 6.76. The molecule has 0 saturated heterocycles. The Morgan fingerprint density at radius 3 is 2.72 bits per heavy atom. The quantitative estimate of drug-likeness (QED) is 0.679. The first-order chi connectivity index (χ1) is 11.8. The Morgan fingerprint density at radius 2 is 2.00 bits per heavy atom. The van der Waals surface area contributed by atoms with Crippen molar-refractivity contribution in [3.63, 3.8) is 0 Å². The van der Waals surface area contributed by atoms with Crippen LogP contribution in [0, 0.1) is 6.92 Å². The zero-order chi connectivity index (χ0) is 18.0. The molecule has 0 fully saturated rings. The van der Waals surface area contributed by atoms with E-state index in [2.05, 4.69) is 36.1 Å². The van der Waals surface area contributed by atoms with Crippen LogP contribution in [-0.4, -0.2) is 15.9 Å². The van der Waals surface area contributed by atoms with Crippen LogP contribution in [0.25, 0.3) is 16.3 Å². The molecule has 0 bridgehead atoms. The van der Waals surface area contributed by atoms with Gasteiger partial charge in [0, 0.05) is 28.6 Å². The van der Waals surface area contributed by atoms with Crippen LogP contribution >= 0.6 is 11.3 Å². The van der Waals surface area contributed by atoms with Crippen LogP contribution in [0.2, 0.25) is 0 Å². The maximum Gasteiger partial charge on any atom is 0.248 e. The van der Waals surface area contributed by atoms with Crippen molar-refractivity contribution in [3.05, 3.63) is 58.9 Å². The number of carbonyl (C=O) groups excluding carboxylic acids is 1. The molecule has 1 aromatic carbocycles. The van der Waals surface area contributed by atoms with E-state index in [0.717, 1.165) is 32.9 Å². The van der Waals surface area contributed by atoms with Crippen LogP contribution in [0.5, 0.6) is 0 Å². The molecule has 2 heterocycles. The predicted octanol–water partition coefficient (Wildman–Crippen LogP) is 4.95. The number of carbonyl (C=O) groups is 1. The Kier molecular flexibility index (Phi) is 4.68. The van der Waals surface area contributed by atoms with E-state index >= 15 is 0 Å². The number of aromatic nitrogens is 2. The monoisotopic (exact) mass is 351 g/mol. The third kappa shape index (κ3) is 4.12. The molecule has 0 unspecified atom stereocenters. The summed E-state index contributed by atoms with van der Waals surface area (Å²) in [7, 11) is 0. The topological polar surface area (TPSA) is 54.9 Å². The van der Waals surface area contributed by atoms with Crippen molar-refractivity contribution < 1.29 is 4.79 Å². The highest BCUT2D eigenvalue weighted by molar-refractivity contribution is 7.16. The van der Waals surface area contributed by atoms with Crippen LogP contribution in [0.3, 0.4) is 0 Å². The minimum atomic E-state index is -0.164. The van der Waals surface area contributed by atoms with Crippen molar-refractivity contribution in [2.45, 2.75) is 33.1 Å². The first kappa shape index (κ1) is 17.3. The second-order valence-electron chi connectivity index (χ2n) is 6.98. The van der Waals surface area contributed by atoms with Gasteiger partial charge < -0.3 is 5.32 Å². The molecule has 3 rings (SSSR count). The molecule has 0 aliphatic carbocycles. The number of hydrogen-bond donors (Lipinski definition) is 1. The SMILES string of the molecule is Cc1nc(C(C)(C)C)ccc1/C=C/C(=O)Nc1ccc2ncsc2c1. The fourth-order valence-electron chi connectivity index (χ4n) is 2.45. The summed E-state index contributed by atoms with van der Waals surface area (Å²) in [5.74, 6) is -0.164. The average Bonchev–Trinajstić information content (AvgIpc) is 3.00. The van der Waals surface area contributed by atoms with E-state index in [1.807, 2.05) is 37.3 Å². The van der Waals surface area contributed by atoms with Crippen LogP contribution < -0.4 is 5.32 Å². The summed E-state index contributed by atoms with van der Waals surface area (Å²) >= 11 is 1.56. The van der Waals surface area contributed by atoms with Gasteiger partial charge in [0.05, 0.1) is 15.7 Å². The summed E-state index contributed by atoms with van der Waals surface area (Å²) in [6.45, 7) is 8.37. The molecule has 5 heteroatoms. The van der Waals surface area contributed by atoms with Crippen LogP contribution in [-0.2, 0) is 10.2 Å². The van der Waals surface area contributed by atoms with Gasteiger partial charge in [-0.15, -0.1) is 11.3 Å². The molecule has 0 atom stereocenters. The number of fused-ring (bicyclic) bond motifs is 1. The van der Waals surface area contributed by atoms with Crippen molar-refractivity contribution >= 4 is 39.2 Å². The van der Waals surface area contributed by atoms with Crippen molar-refractivity contribution in [2.75, 3.05) is 5.32 Å². The normalized spacial score (nSPS) is 12.0. The second-order valence-corrected chi connectivity index (χ2v) is 7.86. The lowest BCUT2D eigenvalue weighted by Crippen LogP contribution is -2.14. The van der Waals surface area contributed by atoms with Gasteiger partial charge in [0.2, 0.25) is 5.91 Å². The molecule has 0 radical (unpaired) electrons. The Bertz CT molecular complexity index is 951. The van der Waals surface area contributed by atoms with E-state index in [1.54, 1.807) is 22.9 Å². The number of amides is 1. The number of benzene rings is 1. The molecule has 1 N–H and O–H groups in total. The Hall–Kier alpha value is -2.53. The number of pyridine rings is 1. The smallest absolute Gasteiger partial charge is 0.248 e. The summed E-state index contributed by atoms with van der Waals surface area (Å²) in [6, 6.07) is 9.73. The molecule has 3 aromatic rings. The molecule has 4 nitrogen and oxygen atoms in total. The molecule has 2 aromatic heterocycles. The van der Waals surface area contributed by atoms with E-state index in [4.69, 9.17) is 0 Å². The van der Waals surface area contributed by atoms with E-state index in [9.17, 15) is 4.79 Å². The number of rotatable bonds is 3. The first-order valence-corrected chi connectivity index (χ1v) is 9.01. The molecule has 0 aliphatic rings. The molecule has 128 valence electrons. The van der Waals surface area contributed by atoms with Crippen molar-refractivity contribution in [2.24, 2.45) is 0 Å². The first-order valence-electron chi connectivity index (χ1n) is 8.13. The number of anilines is 1. The Balaban J connectivity index is 1.71. The van der Waals surface area contributed by atoms with Gasteiger partial charge in [-0.05, 0) is 42.8 Å². The molecular weight excluding hydrogens is 330 g/mol. The van der Waals surface area contributed by atoms with Crippen LogP contribution in [0.15, 0.2) is 41.9 Å². The maximum absolute atomic E-state index is 12.2. The van der Waals surface area contributed by atoms with Gasteiger partial charge in [0.1, 0.15) is 0 Å². The van der Waals surface area contributed by atoms with E-state index in [0.29, 0.717) is 0 Å². The van der Waals surface area contributed by atoms with E-state index in [1.165, 1.54) is 6.08 Å². The standard InChI is InChI=1S/C20H21N3OS/c1-13-14(5-9-18(22-13)20(2,3)4)6-10-19(24)23-15-7-8-16-17(11-15)25-12-21-16/h5-12H,1-4H3,(H,23,24)/b10-6+. The lowest BCUT2D eigenvalue weighted by atomic mass is 9.91. The van der Waals surface area contributed by atoms with Crippen molar-refractivity contribution in [1.82, 2.24) is 9.97 Å². The molecular formula is C20H21N3OS. The van der Waals surface area contributed by atoms with Gasteiger partial charge in [-0.2, -0.15) is 0 Å². The number of thiazole rings is 1. The third-order valence-electron chi connectivity index (χ3n) is 3.91. The van der Waals surface area contributed by atoms with E-state index < -0.39 is 0 Å². The number of nitrogens with one attached hydrogen (secondary N) is 1. The minimum absolute atomic E-state index is 0.0136. The zero-order valence-corrected chi connectivity index (χ0v) is 15.6. The molecule has 25 heavy (non-hydrogen) atoms. The molecule has 0 saturated carbocycles. The van der Waals surface area contributed by atoms with Gasteiger partial charge in [0.15, 0.2) is 0 Å². The Labute approximate surface area is 151 Å². The zero-order valence-electron chi connectivity index (χ0n) is 14.8. The lowest BCUT2D eigenvalue weighted by Gasteiger charge is -2.18. The largest absolute Gasteiger partial charge is 0.322 e. The van der Waals surface area contributed by atoms with Gasteiger partial charge in [-0.1, -0.05) is 26.8 Å². The summed E-state index contributed by atoms with van der Waals surface area (Å²) in [4.78, 5) is 21.0. The average molecular weight is 351 g/mol. The molecule has 0 spiro atoms. The Morgan fingerprint density at radius 1 is 1.20 bits per heavy atom. The molecule has 1 amide bonds. The van der Waals surface area contributed by atoms with Crippen LogP contribution in [0.4, 0.5) is 5.69 Å². The summed E-state index contributed by atoms with van der Waals surface area (Å²) in [5, 5.41) is 2.88. The fraction of sp³-hybridized carbons (Fsp3) is 0.250. The minimum Gasteiger partial charge on any atom is -0.322 e. The summed E-state index contributed by atoms with van der Waals surface area (Å²) in [5.41, 5.74) is 6.43. The lowest BCUT2D eigenvalue weighted by molar-refractivity contribution is -0.111. The van der Waals surface area contributed by atoms with Crippen LogP contribution in [0.1, 0.15) is 37.7 Å². The van der Waals surface area contributed by atoms with E-state index in [-0.39, 0.29) is 11.3 Å². The highest BCUT2D eigenvalue weighted by atomic mass is 32.1.